The van der Waals surface area contributed by atoms with Crippen molar-refractivity contribution in [3.63, 3.8) is 0 Å². The topological polar surface area (TPSA) is 29.5 Å². The zero-order chi connectivity index (χ0) is 10.6. The van der Waals surface area contributed by atoms with Gasteiger partial charge in [0.1, 0.15) is 0 Å². The van der Waals surface area contributed by atoms with Gasteiger partial charge < -0.3 is 9.84 Å². The van der Waals surface area contributed by atoms with Gasteiger partial charge in [-0.2, -0.15) is 0 Å². The average Bonchev–Trinajstić information content (AvgIpc) is 2.14. The Bertz CT molecular complexity index is 154. The summed E-state index contributed by atoms with van der Waals surface area (Å²) in [4.78, 5) is 0. The molecule has 2 heteroatoms. The smallest absolute Gasteiger partial charge is 0.0590 e. The fourth-order valence-electron chi connectivity index (χ4n) is 1.89. The normalized spacial score (nSPS) is 26.1. The summed E-state index contributed by atoms with van der Waals surface area (Å²) < 4.78 is 5.38. The highest BCUT2D eigenvalue weighted by Gasteiger charge is 2.23. The summed E-state index contributed by atoms with van der Waals surface area (Å²) in [5.74, 6) is 0.381. The van der Waals surface area contributed by atoms with Crippen LogP contribution < -0.4 is 0 Å². The quantitative estimate of drug-likeness (QED) is 0.759. The summed E-state index contributed by atoms with van der Waals surface area (Å²) >= 11 is 0. The van der Waals surface area contributed by atoms with Crippen molar-refractivity contribution in [2.45, 2.75) is 52.6 Å². The van der Waals surface area contributed by atoms with Gasteiger partial charge in [-0.05, 0) is 31.1 Å². The number of aliphatic hydroxyl groups is 1. The van der Waals surface area contributed by atoms with E-state index in [4.69, 9.17) is 4.74 Å². The van der Waals surface area contributed by atoms with E-state index in [0.29, 0.717) is 11.3 Å². The fraction of sp³-hybridized carbons (Fsp3) is 1.00. The second-order valence-electron chi connectivity index (χ2n) is 5.64. The zero-order valence-electron chi connectivity index (χ0n) is 9.75. The monoisotopic (exact) mass is 200 g/mol. The van der Waals surface area contributed by atoms with E-state index >= 15 is 0 Å². The predicted octanol–water partition coefficient (Wildman–Crippen LogP) is 2.60. The minimum atomic E-state index is -0.158. The molecule has 14 heavy (non-hydrogen) atoms. The molecule has 0 spiro atoms. The third-order valence-corrected chi connectivity index (χ3v) is 2.93. The van der Waals surface area contributed by atoms with Crippen LogP contribution in [0, 0.1) is 11.3 Å². The molecular formula is C12H24O2. The van der Waals surface area contributed by atoms with Crippen molar-refractivity contribution < 1.29 is 9.84 Å². The zero-order valence-corrected chi connectivity index (χ0v) is 9.75. The Kier molecular flexibility index (Phi) is 4.39. The van der Waals surface area contributed by atoms with Gasteiger partial charge in [0.2, 0.25) is 0 Å². The van der Waals surface area contributed by atoms with Crippen LogP contribution in [0.2, 0.25) is 0 Å². The van der Waals surface area contributed by atoms with E-state index < -0.39 is 0 Å². The number of rotatable bonds is 3. The van der Waals surface area contributed by atoms with Crippen LogP contribution in [0.25, 0.3) is 0 Å². The Hall–Kier alpha value is -0.0800. The lowest BCUT2D eigenvalue weighted by Crippen LogP contribution is -2.29. The Morgan fingerprint density at radius 3 is 2.64 bits per heavy atom. The van der Waals surface area contributed by atoms with Crippen LogP contribution in [-0.2, 0) is 4.74 Å². The van der Waals surface area contributed by atoms with Gasteiger partial charge in [-0.25, -0.2) is 0 Å². The van der Waals surface area contributed by atoms with Crippen LogP contribution >= 0.6 is 0 Å². The molecule has 1 aliphatic heterocycles. The van der Waals surface area contributed by atoms with Crippen LogP contribution in [0.4, 0.5) is 0 Å². The summed E-state index contributed by atoms with van der Waals surface area (Å²) in [6, 6.07) is 0. The third kappa shape index (κ3) is 4.43. The van der Waals surface area contributed by atoms with Gasteiger partial charge in [0, 0.05) is 12.5 Å². The van der Waals surface area contributed by atoms with E-state index in [2.05, 4.69) is 20.8 Å². The highest BCUT2D eigenvalue weighted by atomic mass is 16.5. The molecule has 1 fully saturated rings. The van der Waals surface area contributed by atoms with Crippen molar-refractivity contribution in [1.82, 2.24) is 0 Å². The van der Waals surface area contributed by atoms with Crippen LogP contribution in [0.3, 0.4) is 0 Å². The lowest BCUT2D eigenvalue weighted by molar-refractivity contribution is -0.0153. The molecule has 0 saturated carbocycles. The van der Waals surface area contributed by atoms with Crippen molar-refractivity contribution >= 4 is 0 Å². The molecule has 0 aromatic rings. The number of aliphatic hydroxyl groups excluding tert-OH is 1. The first-order chi connectivity index (χ1) is 6.49. The summed E-state index contributed by atoms with van der Waals surface area (Å²) in [5.41, 5.74) is 0.330. The molecule has 0 radical (unpaired) electrons. The maximum atomic E-state index is 9.96. The molecule has 2 atom stereocenters. The second-order valence-corrected chi connectivity index (χ2v) is 5.64. The number of ether oxygens (including phenoxy) is 1. The van der Waals surface area contributed by atoms with Gasteiger partial charge in [0.25, 0.3) is 0 Å². The minimum absolute atomic E-state index is 0.158. The van der Waals surface area contributed by atoms with Gasteiger partial charge in [0.15, 0.2) is 0 Å². The van der Waals surface area contributed by atoms with Crippen molar-refractivity contribution in [1.29, 1.82) is 0 Å². The molecular weight excluding hydrogens is 176 g/mol. The minimum Gasteiger partial charge on any atom is -0.393 e. The highest BCUT2D eigenvalue weighted by Crippen LogP contribution is 2.26. The van der Waals surface area contributed by atoms with E-state index in [9.17, 15) is 5.11 Å². The molecule has 1 saturated heterocycles. The molecule has 1 heterocycles. The molecule has 0 bridgehead atoms. The second kappa shape index (κ2) is 5.13. The molecule has 2 nitrogen and oxygen atoms in total. The molecule has 1 aliphatic rings. The number of hydrogen-bond donors (Lipinski definition) is 1. The first-order valence-corrected chi connectivity index (χ1v) is 5.75. The summed E-state index contributed by atoms with van der Waals surface area (Å²) in [6.45, 7) is 8.29. The van der Waals surface area contributed by atoms with Gasteiger partial charge in [0.05, 0.1) is 12.7 Å². The van der Waals surface area contributed by atoms with E-state index in [1.807, 2.05) is 0 Å². The van der Waals surface area contributed by atoms with Crippen molar-refractivity contribution in [3.8, 4) is 0 Å². The molecule has 0 aliphatic carbocycles. The van der Waals surface area contributed by atoms with E-state index in [1.54, 1.807) is 0 Å². The molecule has 0 amide bonds. The summed E-state index contributed by atoms with van der Waals surface area (Å²) in [6.07, 6.45) is 4.08. The largest absolute Gasteiger partial charge is 0.393 e. The molecule has 2 unspecified atom stereocenters. The van der Waals surface area contributed by atoms with Crippen LogP contribution in [0.15, 0.2) is 0 Å². The van der Waals surface area contributed by atoms with Gasteiger partial charge >= 0.3 is 0 Å². The van der Waals surface area contributed by atoms with E-state index in [1.165, 1.54) is 0 Å². The van der Waals surface area contributed by atoms with Gasteiger partial charge in [-0.1, -0.05) is 20.8 Å². The average molecular weight is 200 g/mol. The molecule has 1 rings (SSSR count). The molecule has 0 aromatic carbocycles. The standard InChI is InChI=1S/C12H24O2/c1-12(2,3)7-6-11(13)10-5-4-8-14-9-10/h10-11,13H,4-9H2,1-3H3. The molecule has 0 aromatic heterocycles. The lowest BCUT2D eigenvalue weighted by atomic mass is 9.85. The highest BCUT2D eigenvalue weighted by molar-refractivity contribution is 4.74. The van der Waals surface area contributed by atoms with Crippen molar-refractivity contribution in [2.24, 2.45) is 11.3 Å². The maximum Gasteiger partial charge on any atom is 0.0590 e. The first kappa shape index (κ1) is 12.0. The first-order valence-electron chi connectivity index (χ1n) is 5.75. The summed E-state index contributed by atoms with van der Waals surface area (Å²) in [5, 5.41) is 9.96. The Morgan fingerprint density at radius 2 is 2.14 bits per heavy atom. The summed E-state index contributed by atoms with van der Waals surface area (Å²) in [7, 11) is 0. The Labute approximate surface area is 87.7 Å². The predicted molar refractivity (Wildman–Crippen MR) is 58.2 cm³/mol. The molecule has 84 valence electrons. The van der Waals surface area contributed by atoms with Crippen molar-refractivity contribution in [3.05, 3.63) is 0 Å². The number of hydrogen-bond acceptors (Lipinski definition) is 2. The van der Waals surface area contributed by atoms with Gasteiger partial charge in [-0.3, -0.25) is 0 Å². The lowest BCUT2D eigenvalue weighted by Gasteiger charge is -2.28. The fourth-order valence-corrected chi connectivity index (χ4v) is 1.89. The van der Waals surface area contributed by atoms with E-state index in [0.717, 1.165) is 38.9 Å². The van der Waals surface area contributed by atoms with E-state index in [-0.39, 0.29) is 6.10 Å². The van der Waals surface area contributed by atoms with Crippen LogP contribution in [0.5, 0.6) is 0 Å². The van der Waals surface area contributed by atoms with Gasteiger partial charge in [-0.15, -0.1) is 0 Å². The van der Waals surface area contributed by atoms with Crippen LogP contribution in [-0.4, -0.2) is 24.4 Å². The van der Waals surface area contributed by atoms with Crippen molar-refractivity contribution in [2.75, 3.05) is 13.2 Å². The Morgan fingerprint density at radius 1 is 1.43 bits per heavy atom. The Balaban J connectivity index is 2.23. The van der Waals surface area contributed by atoms with Crippen LogP contribution in [0.1, 0.15) is 46.5 Å². The maximum absolute atomic E-state index is 9.96. The third-order valence-electron chi connectivity index (χ3n) is 2.93. The molecule has 1 N–H and O–H groups in total. The SMILES string of the molecule is CC(C)(C)CCC(O)C1CCCOC1.